The van der Waals surface area contributed by atoms with E-state index in [1.54, 1.807) is 7.11 Å². The molecule has 2 fully saturated rings. The monoisotopic (exact) mass is 435 g/mol. The molecule has 3 unspecified atom stereocenters. The third-order valence-electron chi connectivity index (χ3n) is 6.65. The maximum atomic E-state index is 13.4. The standard InChI is InChI=1S/C26H33N3O3/c1-18-7-11-20(12-8-18)26(31)29(16-15-19-9-13-21(32-2)14-10-19)17-24-27-23-6-4-3-5-22(23)25(30)28-24/h7-14,22-24,27H,3-6,15-17H2,1-2H3,(H,28,30). The van der Waals surface area contributed by atoms with Crippen molar-refractivity contribution in [3.05, 3.63) is 65.2 Å². The molecule has 1 saturated carbocycles. The van der Waals surface area contributed by atoms with Gasteiger partial charge in [0, 0.05) is 18.2 Å². The zero-order valence-electron chi connectivity index (χ0n) is 19.0. The molecule has 6 nitrogen and oxygen atoms in total. The van der Waals surface area contributed by atoms with Gasteiger partial charge in [-0.3, -0.25) is 14.9 Å². The Morgan fingerprint density at radius 3 is 2.50 bits per heavy atom. The molecule has 170 valence electrons. The molecule has 2 aliphatic rings. The number of aryl methyl sites for hydroxylation is 1. The minimum Gasteiger partial charge on any atom is -0.497 e. The van der Waals surface area contributed by atoms with Crippen LogP contribution in [0, 0.1) is 12.8 Å². The van der Waals surface area contributed by atoms with Crippen LogP contribution in [0.5, 0.6) is 5.75 Å². The molecule has 0 aromatic heterocycles. The summed E-state index contributed by atoms with van der Waals surface area (Å²) in [5.74, 6) is 0.981. The smallest absolute Gasteiger partial charge is 0.253 e. The highest BCUT2D eigenvalue weighted by Crippen LogP contribution is 2.27. The summed E-state index contributed by atoms with van der Waals surface area (Å²) in [6.07, 6.45) is 4.73. The van der Waals surface area contributed by atoms with Gasteiger partial charge in [-0.2, -0.15) is 0 Å². The van der Waals surface area contributed by atoms with Crippen LogP contribution >= 0.6 is 0 Å². The molecule has 4 rings (SSSR count). The Balaban J connectivity index is 1.47. The van der Waals surface area contributed by atoms with Crippen LogP contribution in [0.3, 0.4) is 0 Å². The largest absolute Gasteiger partial charge is 0.497 e. The highest BCUT2D eigenvalue weighted by Gasteiger charge is 2.38. The number of rotatable bonds is 7. The molecule has 2 N–H and O–H groups in total. The molecule has 3 atom stereocenters. The van der Waals surface area contributed by atoms with Crippen molar-refractivity contribution >= 4 is 11.8 Å². The van der Waals surface area contributed by atoms with Gasteiger partial charge < -0.3 is 15.0 Å². The lowest BCUT2D eigenvalue weighted by molar-refractivity contribution is -0.131. The van der Waals surface area contributed by atoms with Crippen LogP contribution in [0.2, 0.25) is 0 Å². The van der Waals surface area contributed by atoms with Crippen LogP contribution in [-0.2, 0) is 11.2 Å². The normalized spacial score (nSPS) is 22.6. The van der Waals surface area contributed by atoms with E-state index in [4.69, 9.17) is 4.74 Å². The van der Waals surface area contributed by atoms with Crippen molar-refractivity contribution in [2.45, 2.75) is 51.2 Å². The number of amides is 2. The van der Waals surface area contributed by atoms with Gasteiger partial charge in [0.05, 0.1) is 25.7 Å². The first-order valence-corrected chi connectivity index (χ1v) is 11.6. The molecule has 0 radical (unpaired) electrons. The number of nitrogens with one attached hydrogen (secondary N) is 2. The van der Waals surface area contributed by atoms with Gasteiger partial charge in [-0.1, -0.05) is 42.7 Å². The van der Waals surface area contributed by atoms with Crippen molar-refractivity contribution in [1.29, 1.82) is 0 Å². The van der Waals surface area contributed by atoms with Gasteiger partial charge in [0.1, 0.15) is 5.75 Å². The lowest BCUT2D eigenvalue weighted by Gasteiger charge is -2.41. The molecule has 2 aromatic rings. The molecule has 1 aliphatic carbocycles. The number of hydrogen-bond donors (Lipinski definition) is 2. The minimum atomic E-state index is -0.230. The zero-order valence-corrected chi connectivity index (χ0v) is 19.0. The lowest BCUT2D eigenvalue weighted by Crippen LogP contribution is -2.65. The quantitative estimate of drug-likeness (QED) is 0.700. The van der Waals surface area contributed by atoms with Gasteiger partial charge in [-0.15, -0.1) is 0 Å². The van der Waals surface area contributed by atoms with E-state index in [1.807, 2.05) is 60.4 Å². The summed E-state index contributed by atoms with van der Waals surface area (Å²) in [6.45, 7) is 3.02. The van der Waals surface area contributed by atoms with Crippen LogP contribution in [-0.4, -0.2) is 49.1 Å². The fraction of sp³-hybridized carbons (Fsp3) is 0.462. The first-order chi connectivity index (χ1) is 15.5. The molecule has 1 heterocycles. The van der Waals surface area contributed by atoms with Gasteiger partial charge in [-0.05, 0) is 56.0 Å². The first kappa shape index (κ1) is 22.3. The van der Waals surface area contributed by atoms with Gasteiger partial charge in [0.2, 0.25) is 5.91 Å². The lowest BCUT2D eigenvalue weighted by atomic mass is 9.82. The van der Waals surface area contributed by atoms with Gasteiger partial charge in [0.15, 0.2) is 0 Å². The third kappa shape index (κ3) is 5.30. The van der Waals surface area contributed by atoms with Gasteiger partial charge in [0.25, 0.3) is 5.91 Å². The average molecular weight is 436 g/mol. The molecule has 2 aromatic carbocycles. The Bertz CT molecular complexity index is 926. The number of carbonyl (C=O) groups excluding carboxylic acids is 2. The van der Waals surface area contributed by atoms with E-state index >= 15 is 0 Å². The Morgan fingerprint density at radius 2 is 1.78 bits per heavy atom. The Labute approximate surface area is 190 Å². The second kappa shape index (κ2) is 10.2. The van der Waals surface area contributed by atoms with Gasteiger partial charge >= 0.3 is 0 Å². The third-order valence-corrected chi connectivity index (χ3v) is 6.65. The molecule has 2 amide bonds. The molecule has 0 bridgehead atoms. The fourth-order valence-corrected chi connectivity index (χ4v) is 4.75. The highest BCUT2D eigenvalue weighted by molar-refractivity contribution is 5.94. The zero-order chi connectivity index (χ0) is 22.5. The summed E-state index contributed by atoms with van der Waals surface area (Å²) in [7, 11) is 1.65. The van der Waals surface area contributed by atoms with Crippen molar-refractivity contribution in [2.24, 2.45) is 5.92 Å². The van der Waals surface area contributed by atoms with E-state index in [-0.39, 0.29) is 29.9 Å². The average Bonchev–Trinajstić information content (AvgIpc) is 2.82. The second-order valence-corrected chi connectivity index (χ2v) is 8.94. The highest BCUT2D eigenvalue weighted by atomic mass is 16.5. The summed E-state index contributed by atoms with van der Waals surface area (Å²) < 4.78 is 5.24. The van der Waals surface area contributed by atoms with Crippen molar-refractivity contribution in [3.8, 4) is 5.75 Å². The van der Waals surface area contributed by atoms with Crippen molar-refractivity contribution < 1.29 is 14.3 Å². The number of fused-ring (bicyclic) bond motifs is 1. The molecular weight excluding hydrogens is 402 g/mol. The van der Waals surface area contributed by atoms with Crippen LogP contribution in [0.15, 0.2) is 48.5 Å². The second-order valence-electron chi connectivity index (χ2n) is 8.94. The summed E-state index contributed by atoms with van der Waals surface area (Å²) in [5, 5.41) is 6.72. The molecule has 1 saturated heterocycles. The van der Waals surface area contributed by atoms with E-state index in [9.17, 15) is 9.59 Å². The van der Waals surface area contributed by atoms with Crippen LogP contribution < -0.4 is 15.4 Å². The van der Waals surface area contributed by atoms with Crippen molar-refractivity contribution in [2.75, 3.05) is 20.2 Å². The Morgan fingerprint density at radius 1 is 1.06 bits per heavy atom. The van der Waals surface area contributed by atoms with Crippen molar-refractivity contribution in [3.63, 3.8) is 0 Å². The predicted molar refractivity (Wildman–Crippen MR) is 125 cm³/mol. The Kier molecular flexibility index (Phi) is 7.10. The summed E-state index contributed by atoms with van der Waals surface area (Å²) >= 11 is 0. The first-order valence-electron chi connectivity index (χ1n) is 11.6. The molecule has 0 spiro atoms. The summed E-state index contributed by atoms with van der Waals surface area (Å²) in [5.41, 5.74) is 2.93. The van der Waals surface area contributed by atoms with Crippen LogP contribution in [0.1, 0.15) is 47.2 Å². The number of hydrogen-bond acceptors (Lipinski definition) is 4. The molecule has 32 heavy (non-hydrogen) atoms. The van der Waals surface area contributed by atoms with Crippen LogP contribution in [0.25, 0.3) is 0 Å². The SMILES string of the molecule is COc1ccc(CCN(CC2NC(=O)C3CCCCC3N2)C(=O)c2ccc(C)cc2)cc1. The topological polar surface area (TPSA) is 70.7 Å². The maximum Gasteiger partial charge on any atom is 0.253 e. The minimum absolute atomic E-state index is 0.0136. The molecule has 1 aliphatic heterocycles. The summed E-state index contributed by atoms with van der Waals surface area (Å²) in [4.78, 5) is 27.9. The molecule has 6 heteroatoms. The Hall–Kier alpha value is -2.86. The van der Waals surface area contributed by atoms with E-state index in [0.29, 0.717) is 18.7 Å². The summed E-state index contributed by atoms with van der Waals surface area (Å²) in [6, 6.07) is 15.8. The van der Waals surface area contributed by atoms with Crippen molar-refractivity contribution in [1.82, 2.24) is 15.5 Å². The fourth-order valence-electron chi connectivity index (χ4n) is 4.75. The number of ether oxygens (including phenoxy) is 1. The maximum absolute atomic E-state index is 13.4. The van der Waals surface area contributed by atoms with E-state index < -0.39 is 0 Å². The number of carbonyl (C=O) groups is 2. The number of methoxy groups -OCH3 is 1. The van der Waals surface area contributed by atoms with Crippen LogP contribution in [0.4, 0.5) is 0 Å². The number of nitrogens with zero attached hydrogens (tertiary/aromatic N) is 1. The molecular formula is C26H33N3O3. The van der Waals surface area contributed by atoms with E-state index in [2.05, 4.69) is 10.6 Å². The number of benzene rings is 2. The predicted octanol–water partition coefficient (Wildman–Crippen LogP) is 3.29. The van der Waals surface area contributed by atoms with Gasteiger partial charge in [-0.25, -0.2) is 0 Å². The van der Waals surface area contributed by atoms with E-state index in [1.165, 1.54) is 0 Å². The van der Waals surface area contributed by atoms with E-state index in [0.717, 1.165) is 49.0 Å².